The molecule has 0 bridgehead atoms. The van der Waals surface area contributed by atoms with Crippen molar-refractivity contribution >= 4 is 79.6 Å². The number of aromatic nitrogens is 2. The van der Waals surface area contributed by atoms with Crippen molar-refractivity contribution in [2.45, 2.75) is 19.6 Å². The van der Waals surface area contributed by atoms with Gasteiger partial charge in [-0.25, -0.2) is 26.4 Å². The average Bonchev–Trinajstić information content (AvgIpc) is 3.63. The second-order valence-corrected chi connectivity index (χ2v) is 13.7. The summed E-state index contributed by atoms with van der Waals surface area (Å²) < 4.78 is 90.1. The standard InChI is InChI=1S/C27H22N4O18S4.4K/c1-44-26(34)22-16(24(32)30(28-22)18-12-14(50-48-46-36)8-10-20(18)52(38,39)40)6-4-3-5-7-17-23(27(35)45-2)29-31(25(17)33)19-13-15(51-49-47-37)9-11-21(19)53(41,42)43;;;;/h3-13,32,36-37H,1-2H3,(H,38,39,40)(H,41,42,43);;;;/q;4*+1/p-4/b5-3+,6-4+,17-7-;;;;. The van der Waals surface area contributed by atoms with Crippen molar-refractivity contribution in [1.82, 2.24) is 9.78 Å². The SMILES string of the molecule is COC(=O)C1=NN(c2cc(SOO[O-])ccc2S(=O)(=O)[O-])C(=O)\C1=C/C=C/C=C/c1c(C(=O)OC)nn(-c2cc(SOO[O-])ccc2S(=O)(=O)[O-])c1O.[K+].[K+].[K+].[K+]. The van der Waals surface area contributed by atoms with Crippen molar-refractivity contribution in [1.29, 1.82) is 0 Å². The molecule has 282 valence electrons. The maximum absolute atomic E-state index is 13.4. The van der Waals surface area contributed by atoms with Crippen LogP contribution in [-0.2, 0) is 58.0 Å². The number of hydrogen-bond acceptors (Lipinski definition) is 22. The van der Waals surface area contributed by atoms with Crippen molar-refractivity contribution in [3.05, 3.63) is 77.5 Å². The van der Waals surface area contributed by atoms with Crippen molar-refractivity contribution in [2.24, 2.45) is 5.10 Å². The van der Waals surface area contributed by atoms with Crippen LogP contribution in [0.5, 0.6) is 5.88 Å². The Hall–Kier alpha value is 1.58. The van der Waals surface area contributed by atoms with E-state index in [1.54, 1.807) is 0 Å². The molecular formula is C27H18K4N4O18S4. The minimum absolute atomic E-state index is 0. The first-order valence-corrected chi connectivity index (χ1v) is 17.8. The molecule has 1 N–H and O–H groups in total. The normalized spacial score (nSPS) is 13.4. The van der Waals surface area contributed by atoms with Crippen LogP contribution in [0.15, 0.2) is 91.0 Å². The summed E-state index contributed by atoms with van der Waals surface area (Å²) in [7, 11) is -8.51. The van der Waals surface area contributed by atoms with Crippen LogP contribution in [0, 0.1) is 0 Å². The summed E-state index contributed by atoms with van der Waals surface area (Å²) in [5.41, 5.74) is -3.21. The third-order valence-electron chi connectivity index (χ3n) is 6.45. The number of ether oxygens (including phenoxy) is 2. The Labute approximate surface area is 501 Å². The van der Waals surface area contributed by atoms with Gasteiger partial charge in [-0.2, -0.15) is 28.6 Å². The molecule has 57 heavy (non-hydrogen) atoms. The van der Waals surface area contributed by atoms with Gasteiger partial charge in [-0.1, -0.05) is 18.2 Å². The first-order chi connectivity index (χ1) is 25.1. The molecule has 1 aromatic heterocycles. The Morgan fingerprint density at radius 1 is 0.789 bits per heavy atom. The molecular weight excluding hydrogens is 953 g/mol. The molecule has 2 heterocycles. The van der Waals surface area contributed by atoms with E-state index in [1.807, 2.05) is 0 Å². The monoisotopic (exact) mass is 970 g/mol. The van der Waals surface area contributed by atoms with Crippen LogP contribution in [0.4, 0.5) is 5.69 Å². The van der Waals surface area contributed by atoms with Gasteiger partial charge in [-0.05, 0) is 48.6 Å². The van der Waals surface area contributed by atoms with E-state index in [0.717, 1.165) is 68.8 Å². The molecule has 0 unspecified atom stereocenters. The number of benzene rings is 2. The number of hydrogen-bond donors (Lipinski definition) is 1. The van der Waals surface area contributed by atoms with Crippen molar-refractivity contribution in [2.75, 3.05) is 19.2 Å². The molecule has 0 spiro atoms. The minimum atomic E-state index is -5.23. The fourth-order valence-electron chi connectivity index (χ4n) is 4.29. The number of carbonyl (C=O) groups excluding carboxylic acids is 3. The smallest absolute Gasteiger partial charge is 0.744 e. The number of aromatic hydroxyl groups is 1. The van der Waals surface area contributed by atoms with Gasteiger partial charge >= 0.3 is 217 Å². The number of nitrogens with zero attached hydrogens (tertiary/aromatic N) is 4. The molecule has 3 aromatic rings. The van der Waals surface area contributed by atoms with Gasteiger partial charge in [0.2, 0.25) is 5.88 Å². The molecule has 0 radical (unpaired) electrons. The summed E-state index contributed by atoms with van der Waals surface area (Å²) in [5.74, 6) is -4.25. The third-order valence-corrected chi connectivity index (χ3v) is 9.36. The number of amides is 1. The van der Waals surface area contributed by atoms with Gasteiger partial charge in [0.25, 0.3) is 5.91 Å². The van der Waals surface area contributed by atoms with Crippen LogP contribution in [-0.4, -0.2) is 78.6 Å². The van der Waals surface area contributed by atoms with E-state index < -0.39 is 82.1 Å². The molecule has 0 aliphatic carbocycles. The predicted octanol–water partition coefficient (Wildman–Crippen LogP) is -12.3. The quantitative estimate of drug-likeness (QED) is 0.0216. The molecule has 0 atom stereocenters. The molecule has 2 aromatic carbocycles. The summed E-state index contributed by atoms with van der Waals surface area (Å²) in [6, 6.07) is 5.68. The van der Waals surface area contributed by atoms with Crippen LogP contribution in [0.3, 0.4) is 0 Å². The maximum Gasteiger partial charge on any atom is 1.00 e. The largest absolute Gasteiger partial charge is 1.00 e. The maximum atomic E-state index is 13.4. The number of allylic oxidation sites excluding steroid dienone is 4. The van der Waals surface area contributed by atoms with E-state index in [2.05, 4.69) is 38.4 Å². The minimum Gasteiger partial charge on any atom is -0.744 e. The Bertz CT molecular complexity index is 2300. The van der Waals surface area contributed by atoms with E-state index >= 15 is 0 Å². The number of methoxy groups -OCH3 is 2. The number of hydrazone groups is 1. The summed E-state index contributed by atoms with van der Waals surface area (Å²) >= 11 is 0.610. The molecule has 30 heteroatoms. The van der Waals surface area contributed by atoms with Crippen LogP contribution in [0.1, 0.15) is 16.1 Å². The molecule has 22 nitrogen and oxygen atoms in total. The molecule has 1 aliphatic heterocycles. The fourth-order valence-corrected chi connectivity index (χ4v) is 6.34. The van der Waals surface area contributed by atoms with E-state index in [-0.39, 0.29) is 221 Å². The van der Waals surface area contributed by atoms with Crippen molar-refractivity contribution in [3.8, 4) is 11.6 Å². The van der Waals surface area contributed by atoms with Crippen LogP contribution < -0.4 is 221 Å². The van der Waals surface area contributed by atoms with Gasteiger partial charge in [0.15, 0.2) is 11.4 Å². The molecule has 1 aliphatic rings. The molecule has 4 rings (SSSR count). The number of esters is 2. The predicted molar refractivity (Wildman–Crippen MR) is 168 cm³/mol. The van der Waals surface area contributed by atoms with Crippen LogP contribution in [0.2, 0.25) is 0 Å². The number of carbonyl (C=O) groups is 3. The second-order valence-electron chi connectivity index (χ2n) is 9.48. The first-order valence-electron chi connectivity index (χ1n) is 13.5. The molecule has 0 saturated heterocycles. The third kappa shape index (κ3) is 15.4. The van der Waals surface area contributed by atoms with Crippen LogP contribution in [0.25, 0.3) is 11.8 Å². The van der Waals surface area contributed by atoms with Crippen molar-refractivity contribution in [3.63, 3.8) is 0 Å². The van der Waals surface area contributed by atoms with Gasteiger partial charge in [0, 0.05) is 9.79 Å². The average molecular weight is 971 g/mol. The molecule has 1 amide bonds. The van der Waals surface area contributed by atoms with Crippen molar-refractivity contribution < 1.29 is 290 Å². The summed E-state index contributed by atoms with van der Waals surface area (Å²) in [6.45, 7) is 0. The Balaban J connectivity index is 0.00000784. The zero-order chi connectivity index (χ0) is 39.1. The van der Waals surface area contributed by atoms with Gasteiger partial charge in [0.05, 0.1) is 70.6 Å². The van der Waals surface area contributed by atoms with E-state index in [1.165, 1.54) is 12.2 Å². The molecule has 0 fully saturated rings. The van der Waals surface area contributed by atoms with Crippen LogP contribution >= 0.6 is 24.1 Å². The van der Waals surface area contributed by atoms with Gasteiger partial charge < -0.3 is 34.2 Å². The number of anilines is 1. The Morgan fingerprint density at radius 3 is 1.79 bits per heavy atom. The molecule has 0 saturated carbocycles. The first kappa shape index (κ1) is 58.6. The fraction of sp³-hybridized carbons (Fsp3) is 0.0741. The topological polar surface area (TPSA) is 321 Å². The summed E-state index contributed by atoms with van der Waals surface area (Å²) in [6.07, 6.45) is 5.65. The summed E-state index contributed by atoms with van der Waals surface area (Å²) in [4.78, 5) is 36.6. The Morgan fingerprint density at radius 2 is 1.30 bits per heavy atom. The van der Waals surface area contributed by atoms with E-state index in [4.69, 9.17) is 0 Å². The van der Waals surface area contributed by atoms with E-state index in [9.17, 15) is 55.9 Å². The van der Waals surface area contributed by atoms with Gasteiger partial charge in [-0.3, -0.25) is 14.9 Å². The van der Waals surface area contributed by atoms with Gasteiger partial charge in [-0.15, -0.1) is 0 Å². The zero-order valence-corrected chi connectivity index (χ0v) is 45.9. The second kappa shape index (κ2) is 27.0. The van der Waals surface area contributed by atoms with Gasteiger partial charge in [0.1, 0.15) is 20.2 Å². The van der Waals surface area contributed by atoms with E-state index in [0.29, 0.717) is 33.8 Å². The zero-order valence-electron chi connectivity index (χ0n) is 30.2. The summed E-state index contributed by atoms with van der Waals surface area (Å²) in [5, 5.41) is 46.1. The Kier molecular flexibility index (Phi) is 27.8. The number of rotatable bonds is 15.